The van der Waals surface area contributed by atoms with Gasteiger partial charge in [0.05, 0.1) is 28.7 Å². The maximum atomic E-state index is 14.3. The van der Waals surface area contributed by atoms with Gasteiger partial charge >= 0.3 is 41.8 Å². The van der Waals surface area contributed by atoms with Crippen LogP contribution in [-0.2, 0) is 61.9 Å². The summed E-state index contributed by atoms with van der Waals surface area (Å²) in [6.45, 7) is 7.80. The molecule has 3 heterocycles. The Balaban J connectivity index is 1.76. The van der Waals surface area contributed by atoms with Gasteiger partial charge in [-0.1, -0.05) is 32.0 Å². The van der Waals surface area contributed by atoms with E-state index in [9.17, 15) is 43.8 Å². The Morgan fingerprint density at radius 1 is 0.814 bits per heavy atom. The minimum absolute atomic E-state index is 0.0328. The maximum absolute atomic E-state index is 14.3. The molecule has 13 atom stereocenters. The van der Waals surface area contributed by atoms with Crippen molar-refractivity contribution in [3.05, 3.63) is 65.5 Å². The third-order valence-corrected chi connectivity index (χ3v) is 12.1. The molecule has 2 N–H and O–H groups in total. The van der Waals surface area contributed by atoms with E-state index < -0.39 is 132 Å². The Labute approximate surface area is 338 Å². The lowest BCUT2D eigenvalue weighted by Gasteiger charge is -2.67. The molecule has 18 nitrogen and oxygen atoms in total. The third kappa shape index (κ3) is 6.89. The van der Waals surface area contributed by atoms with Crippen LogP contribution < -0.4 is 0 Å². The fourth-order valence-electron chi connectivity index (χ4n) is 9.54. The second-order valence-corrected chi connectivity index (χ2v) is 15.9. The standard InChI is InChI=1S/C41H47NO17/c1-19-20(2)35(48)57-32-29(47)33(58-36(49)25-13-10-9-11-14-25)40(18-52-21(3)43)34(56-24(6)46)30(54-22(4)44)27-31(55-23(5)45)41(40,39(32,8)51)59-38(27,7)17-53-37(50)26-15-12-16-42-28(19)26/h9-16,19-20,27,29-34,47,51H,17-18H2,1-8H3/t19-,20-,27+,29-,30+,31+,32-,33-,34+,38-,39-,40-,41-/m0/s1. The topological polar surface area (TPSA) is 247 Å². The van der Waals surface area contributed by atoms with Crippen molar-refractivity contribution in [2.45, 2.75) is 115 Å². The molecule has 1 aromatic heterocycles. The lowest BCUT2D eigenvalue weighted by Crippen LogP contribution is -2.89. The number of rotatable bonds is 7. The zero-order valence-corrected chi connectivity index (χ0v) is 33.7. The SMILES string of the molecule is CC(=O)OC[C@]12[C@H](OC(C)=O)[C@H](OC(C)=O)[C@@H]3[C@@H](OC(C)=O)[C@@]14O[C@@]3(C)COC(=O)c1cccnc1[C@@H](C)[C@H](C)C(=O)O[C@@H]([C@H](O)[C@@H]2OC(=O)c1ccccc1)[C@]4(C)O. The fraction of sp³-hybridized carbons (Fsp3) is 0.561. The molecule has 2 saturated carbocycles. The normalized spacial score (nSPS) is 37.4. The highest BCUT2D eigenvalue weighted by Crippen LogP contribution is 2.70. The van der Waals surface area contributed by atoms with Gasteiger partial charge in [-0.15, -0.1) is 0 Å². The van der Waals surface area contributed by atoms with Crippen molar-refractivity contribution >= 4 is 41.8 Å². The van der Waals surface area contributed by atoms with E-state index in [4.69, 9.17) is 37.9 Å². The van der Waals surface area contributed by atoms with Crippen LogP contribution in [0.4, 0.5) is 0 Å². The van der Waals surface area contributed by atoms with Crippen LogP contribution >= 0.6 is 0 Å². The first-order valence-electron chi connectivity index (χ1n) is 19.0. The molecular formula is C41H47NO17. The molecule has 59 heavy (non-hydrogen) atoms. The first kappa shape index (κ1) is 43.1. The average Bonchev–Trinajstić information content (AvgIpc) is 3.39. The van der Waals surface area contributed by atoms with Crippen molar-refractivity contribution in [2.24, 2.45) is 17.3 Å². The lowest BCUT2D eigenvalue weighted by atomic mass is 9.45. The highest BCUT2D eigenvalue weighted by molar-refractivity contribution is 5.91. The number of nitrogens with zero attached hydrogens (tertiary/aromatic N) is 1. The molecule has 18 heteroatoms. The highest BCUT2D eigenvalue weighted by Gasteiger charge is 2.91. The van der Waals surface area contributed by atoms with Crippen LogP contribution in [0.2, 0.25) is 0 Å². The van der Waals surface area contributed by atoms with Crippen molar-refractivity contribution in [1.29, 1.82) is 0 Å². The van der Waals surface area contributed by atoms with Gasteiger partial charge in [0.1, 0.15) is 54.2 Å². The molecule has 318 valence electrons. The van der Waals surface area contributed by atoms with Crippen LogP contribution in [0.1, 0.15) is 87.7 Å². The van der Waals surface area contributed by atoms with Gasteiger partial charge in [0.15, 0.2) is 17.8 Å². The molecule has 0 amide bonds. The molecule has 4 aliphatic rings. The summed E-state index contributed by atoms with van der Waals surface area (Å²) in [5.41, 5.74) is -10.2. The van der Waals surface area contributed by atoms with Gasteiger partial charge in [0, 0.05) is 39.8 Å². The number of cyclic esters (lactones) is 1. The highest BCUT2D eigenvalue weighted by atomic mass is 16.7. The molecule has 2 aromatic rings. The molecule has 3 fully saturated rings. The zero-order valence-electron chi connectivity index (χ0n) is 33.7. The second kappa shape index (κ2) is 15.6. The minimum atomic E-state index is -2.82. The van der Waals surface area contributed by atoms with E-state index in [1.165, 1.54) is 56.4 Å². The van der Waals surface area contributed by atoms with E-state index in [1.54, 1.807) is 13.0 Å². The smallest absolute Gasteiger partial charge is 0.340 e. The summed E-state index contributed by atoms with van der Waals surface area (Å²) >= 11 is 0. The predicted molar refractivity (Wildman–Crippen MR) is 196 cm³/mol. The Morgan fingerprint density at radius 2 is 1.44 bits per heavy atom. The number of pyridine rings is 1. The fourth-order valence-corrected chi connectivity index (χ4v) is 9.54. The summed E-state index contributed by atoms with van der Waals surface area (Å²) in [6, 6.07) is 10.3. The molecule has 1 spiro atoms. The van der Waals surface area contributed by atoms with Crippen molar-refractivity contribution in [1.82, 2.24) is 4.98 Å². The van der Waals surface area contributed by atoms with Crippen LogP contribution in [-0.4, -0.2) is 124 Å². The Morgan fingerprint density at radius 3 is 2.05 bits per heavy atom. The van der Waals surface area contributed by atoms with Crippen molar-refractivity contribution in [3.8, 4) is 0 Å². The predicted octanol–water partition coefficient (Wildman–Crippen LogP) is 1.76. The largest absolute Gasteiger partial charge is 0.465 e. The van der Waals surface area contributed by atoms with Gasteiger partial charge in [-0.2, -0.15) is 0 Å². The number of hydrogen-bond acceptors (Lipinski definition) is 18. The number of aliphatic hydroxyl groups excluding tert-OH is 1. The summed E-state index contributed by atoms with van der Waals surface area (Å²) in [6.07, 6.45) is -10.9. The summed E-state index contributed by atoms with van der Waals surface area (Å²) in [5, 5.41) is 26.0. The molecule has 2 aliphatic heterocycles. The molecule has 4 bridgehead atoms. The monoisotopic (exact) mass is 825 g/mol. The molecule has 1 aromatic carbocycles. The minimum Gasteiger partial charge on any atom is -0.465 e. The van der Waals surface area contributed by atoms with Gasteiger partial charge < -0.3 is 48.1 Å². The molecule has 6 rings (SSSR count). The Kier molecular flexibility index (Phi) is 11.4. The number of hydrogen-bond donors (Lipinski definition) is 2. The van der Waals surface area contributed by atoms with Gasteiger partial charge in [0.25, 0.3) is 0 Å². The lowest BCUT2D eigenvalue weighted by molar-refractivity contribution is -0.385. The molecule has 1 saturated heterocycles. The summed E-state index contributed by atoms with van der Waals surface area (Å²) in [4.78, 5) is 99.4. The number of ether oxygens (including phenoxy) is 8. The number of benzene rings is 1. The van der Waals surface area contributed by atoms with Gasteiger partial charge in [-0.25, -0.2) is 9.59 Å². The number of fused-ring (bicyclic) bond motifs is 5. The number of aliphatic hydroxyl groups is 2. The Hall–Kier alpha value is -5.46. The number of aromatic nitrogens is 1. The molecule has 0 radical (unpaired) electrons. The molecule has 0 unspecified atom stereocenters. The third-order valence-electron chi connectivity index (χ3n) is 12.1. The van der Waals surface area contributed by atoms with Crippen molar-refractivity contribution in [3.63, 3.8) is 0 Å². The van der Waals surface area contributed by atoms with Gasteiger partial charge in [-0.3, -0.25) is 29.0 Å². The number of carbonyl (C=O) groups is 7. The van der Waals surface area contributed by atoms with E-state index in [2.05, 4.69) is 4.98 Å². The first-order valence-corrected chi connectivity index (χ1v) is 19.0. The van der Waals surface area contributed by atoms with E-state index in [0.29, 0.717) is 0 Å². The summed E-state index contributed by atoms with van der Waals surface area (Å²) in [5.74, 6) is -10.6. The van der Waals surface area contributed by atoms with Crippen molar-refractivity contribution in [2.75, 3.05) is 13.2 Å². The first-order chi connectivity index (χ1) is 27.6. The van der Waals surface area contributed by atoms with Gasteiger partial charge in [-0.05, 0) is 38.1 Å². The van der Waals surface area contributed by atoms with E-state index in [-0.39, 0.29) is 16.8 Å². The maximum Gasteiger partial charge on any atom is 0.340 e. The summed E-state index contributed by atoms with van der Waals surface area (Å²) in [7, 11) is 0. The Bertz CT molecular complexity index is 2040. The van der Waals surface area contributed by atoms with Crippen LogP contribution in [0.3, 0.4) is 0 Å². The summed E-state index contributed by atoms with van der Waals surface area (Å²) < 4.78 is 48.8. The van der Waals surface area contributed by atoms with Crippen LogP contribution in [0.25, 0.3) is 0 Å². The van der Waals surface area contributed by atoms with E-state index in [0.717, 1.165) is 34.6 Å². The van der Waals surface area contributed by atoms with E-state index in [1.807, 2.05) is 0 Å². The number of carbonyl (C=O) groups excluding carboxylic acids is 7. The molecular weight excluding hydrogens is 778 g/mol. The quantitative estimate of drug-likeness (QED) is 0.298. The molecule has 2 aliphatic carbocycles. The van der Waals surface area contributed by atoms with Crippen LogP contribution in [0, 0.1) is 17.3 Å². The van der Waals surface area contributed by atoms with Crippen LogP contribution in [0.5, 0.6) is 0 Å². The van der Waals surface area contributed by atoms with Crippen molar-refractivity contribution < 1.29 is 81.7 Å². The van der Waals surface area contributed by atoms with E-state index >= 15 is 0 Å². The number of esters is 7. The second-order valence-electron chi connectivity index (χ2n) is 15.9. The average molecular weight is 826 g/mol. The van der Waals surface area contributed by atoms with Gasteiger partial charge in [0.2, 0.25) is 0 Å². The zero-order chi connectivity index (χ0) is 43.4. The van der Waals surface area contributed by atoms with Crippen LogP contribution in [0.15, 0.2) is 48.7 Å².